The summed E-state index contributed by atoms with van der Waals surface area (Å²) < 4.78 is 1.80. The van der Waals surface area contributed by atoms with Gasteiger partial charge >= 0.3 is 5.97 Å². The van der Waals surface area contributed by atoms with E-state index in [9.17, 15) is 4.79 Å². The first-order chi connectivity index (χ1) is 7.65. The first-order valence-electron chi connectivity index (χ1n) is 5.82. The lowest BCUT2D eigenvalue weighted by molar-refractivity contribution is 0.0689. The molecule has 1 saturated carbocycles. The summed E-state index contributed by atoms with van der Waals surface area (Å²) >= 11 is 0. The van der Waals surface area contributed by atoms with Crippen molar-refractivity contribution in [3.8, 4) is 0 Å². The highest BCUT2D eigenvalue weighted by atomic mass is 16.4. The van der Waals surface area contributed by atoms with Gasteiger partial charge in [0.25, 0.3) is 0 Å². The Kier molecular flexibility index (Phi) is 2.94. The van der Waals surface area contributed by atoms with E-state index in [1.54, 1.807) is 4.68 Å². The summed E-state index contributed by atoms with van der Waals surface area (Å²) in [7, 11) is 0. The maximum atomic E-state index is 11.0. The van der Waals surface area contributed by atoms with Crippen LogP contribution in [0.15, 0.2) is 0 Å². The topological polar surface area (TPSA) is 68.0 Å². The molecule has 1 unspecified atom stereocenters. The van der Waals surface area contributed by atoms with E-state index in [2.05, 4.69) is 17.2 Å². The second-order valence-corrected chi connectivity index (χ2v) is 4.42. The molecule has 1 N–H and O–H groups in total. The zero-order valence-electron chi connectivity index (χ0n) is 9.68. The van der Waals surface area contributed by atoms with Crippen molar-refractivity contribution in [3.05, 3.63) is 11.4 Å². The predicted octanol–water partition coefficient (Wildman–Crippen LogP) is 1.90. The highest BCUT2D eigenvalue weighted by Gasteiger charge is 2.29. The van der Waals surface area contributed by atoms with E-state index >= 15 is 0 Å². The molecule has 1 aromatic heterocycles. The molecule has 1 aromatic rings. The zero-order chi connectivity index (χ0) is 11.7. The third-order valence-corrected chi connectivity index (χ3v) is 3.55. The van der Waals surface area contributed by atoms with Gasteiger partial charge < -0.3 is 5.11 Å². The molecule has 0 saturated heterocycles. The average molecular weight is 223 g/mol. The Morgan fingerprint density at radius 3 is 2.75 bits per heavy atom. The first kappa shape index (κ1) is 11.1. The van der Waals surface area contributed by atoms with E-state index in [1.165, 1.54) is 19.3 Å². The van der Waals surface area contributed by atoms with Crippen molar-refractivity contribution in [2.24, 2.45) is 5.92 Å². The van der Waals surface area contributed by atoms with Gasteiger partial charge in [-0.25, -0.2) is 9.48 Å². The van der Waals surface area contributed by atoms with Crippen molar-refractivity contribution in [2.75, 3.05) is 0 Å². The van der Waals surface area contributed by atoms with Gasteiger partial charge in [-0.1, -0.05) is 18.6 Å². The Hall–Kier alpha value is -1.39. The quantitative estimate of drug-likeness (QED) is 0.846. The largest absolute Gasteiger partial charge is 0.476 e. The minimum Gasteiger partial charge on any atom is -0.476 e. The van der Waals surface area contributed by atoms with Crippen molar-refractivity contribution < 1.29 is 9.90 Å². The van der Waals surface area contributed by atoms with Crippen LogP contribution in [0.4, 0.5) is 0 Å². The van der Waals surface area contributed by atoms with Gasteiger partial charge in [0.05, 0.1) is 11.7 Å². The SMILES string of the molecule is CCc1c(C(=O)O)nnn1C(C)C1CCC1. The van der Waals surface area contributed by atoms with Gasteiger partial charge in [-0.15, -0.1) is 5.10 Å². The number of hydrogen-bond acceptors (Lipinski definition) is 3. The molecule has 5 heteroatoms. The number of carboxylic acids is 1. The van der Waals surface area contributed by atoms with Gasteiger partial charge in [0.15, 0.2) is 5.69 Å². The van der Waals surface area contributed by atoms with Crippen molar-refractivity contribution in [1.82, 2.24) is 15.0 Å². The van der Waals surface area contributed by atoms with Gasteiger partial charge in [0, 0.05) is 0 Å². The Bertz CT molecular complexity index is 396. The summed E-state index contributed by atoms with van der Waals surface area (Å²) in [6.07, 6.45) is 4.36. The molecule has 0 amide bonds. The highest BCUT2D eigenvalue weighted by Crippen LogP contribution is 2.36. The van der Waals surface area contributed by atoms with E-state index in [0.29, 0.717) is 12.3 Å². The molecule has 0 spiro atoms. The van der Waals surface area contributed by atoms with Gasteiger partial charge in [-0.3, -0.25) is 0 Å². The monoisotopic (exact) mass is 223 g/mol. The number of rotatable bonds is 4. The Labute approximate surface area is 94.5 Å². The van der Waals surface area contributed by atoms with Crippen LogP contribution in [-0.4, -0.2) is 26.1 Å². The van der Waals surface area contributed by atoms with Crippen LogP contribution < -0.4 is 0 Å². The molecule has 1 fully saturated rings. The van der Waals surface area contributed by atoms with Crippen molar-refractivity contribution >= 4 is 5.97 Å². The minimum absolute atomic E-state index is 0.105. The van der Waals surface area contributed by atoms with Crippen LogP contribution in [0.25, 0.3) is 0 Å². The van der Waals surface area contributed by atoms with Crippen molar-refractivity contribution in [1.29, 1.82) is 0 Å². The molecule has 1 atom stereocenters. The minimum atomic E-state index is -0.982. The molecular formula is C11H17N3O2. The standard InChI is InChI=1S/C11H17N3O2/c1-3-9-10(11(15)16)12-13-14(9)7(2)8-5-4-6-8/h7-8H,3-6H2,1-2H3,(H,15,16). The molecule has 16 heavy (non-hydrogen) atoms. The highest BCUT2D eigenvalue weighted by molar-refractivity contribution is 5.86. The molecular weight excluding hydrogens is 206 g/mol. The van der Waals surface area contributed by atoms with Gasteiger partial charge in [0.2, 0.25) is 0 Å². The van der Waals surface area contributed by atoms with Crippen LogP contribution in [0.3, 0.4) is 0 Å². The number of hydrogen-bond donors (Lipinski definition) is 1. The summed E-state index contributed by atoms with van der Waals surface area (Å²) in [6, 6.07) is 0.268. The van der Waals surface area contributed by atoms with Crippen molar-refractivity contribution in [3.63, 3.8) is 0 Å². The smallest absolute Gasteiger partial charge is 0.358 e. The summed E-state index contributed by atoms with van der Waals surface area (Å²) in [4.78, 5) is 11.0. The van der Waals surface area contributed by atoms with Crippen molar-refractivity contribution in [2.45, 2.75) is 45.6 Å². The molecule has 2 rings (SSSR count). The van der Waals surface area contributed by atoms with E-state index in [1.807, 2.05) is 6.92 Å². The third kappa shape index (κ3) is 1.70. The first-order valence-corrected chi connectivity index (χ1v) is 5.82. The lowest BCUT2D eigenvalue weighted by Gasteiger charge is -2.31. The average Bonchev–Trinajstić information content (AvgIpc) is 2.57. The fourth-order valence-electron chi connectivity index (χ4n) is 2.26. The Balaban J connectivity index is 2.29. The fraction of sp³-hybridized carbons (Fsp3) is 0.727. The number of carboxylic acid groups (broad SMARTS) is 1. The molecule has 0 radical (unpaired) electrons. The Morgan fingerprint density at radius 1 is 1.62 bits per heavy atom. The molecule has 0 aromatic carbocycles. The van der Waals surface area contributed by atoms with E-state index in [-0.39, 0.29) is 11.7 Å². The summed E-state index contributed by atoms with van der Waals surface area (Å²) in [5, 5.41) is 16.7. The normalized spacial score (nSPS) is 18.1. The van der Waals surface area contributed by atoms with Crippen LogP contribution >= 0.6 is 0 Å². The Morgan fingerprint density at radius 2 is 2.31 bits per heavy atom. The molecule has 0 aliphatic heterocycles. The summed E-state index contributed by atoms with van der Waals surface area (Å²) in [5.74, 6) is -0.349. The second-order valence-electron chi connectivity index (χ2n) is 4.42. The fourth-order valence-corrected chi connectivity index (χ4v) is 2.26. The molecule has 88 valence electrons. The lowest BCUT2D eigenvalue weighted by atomic mass is 9.80. The van der Waals surface area contributed by atoms with E-state index in [4.69, 9.17) is 5.11 Å². The number of carbonyl (C=O) groups is 1. The van der Waals surface area contributed by atoms with Crippen LogP contribution in [0.5, 0.6) is 0 Å². The van der Waals surface area contributed by atoms with Crippen LogP contribution in [0.2, 0.25) is 0 Å². The molecule has 0 bridgehead atoms. The van der Waals surface area contributed by atoms with E-state index < -0.39 is 5.97 Å². The van der Waals surface area contributed by atoms with Crippen LogP contribution in [-0.2, 0) is 6.42 Å². The van der Waals surface area contributed by atoms with Gasteiger partial charge in [-0.2, -0.15) is 0 Å². The van der Waals surface area contributed by atoms with Crippen LogP contribution in [0, 0.1) is 5.92 Å². The molecule has 1 aliphatic carbocycles. The zero-order valence-corrected chi connectivity index (χ0v) is 9.68. The maximum absolute atomic E-state index is 11.0. The van der Waals surface area contributed by atoms with Crippen LogP contribution in [0.1, 0.15) is 55.3 Å². The maximum Gasteiger partial charge on any atom is 0.358 e. The summed E-state index contributed by atoms with van der Waals surface area (Å²) in [5.41, 5.74) is 0.848. The molecule has 5 nitrogen and oxygen atoms in total. The summed E-state index contributed by atoms with van der Waals surface area (Å²) in [6.45, 7) is 4.04. The third-order valence-electron chi connectivity index (χ3n) is 3.55. The number of aromatic carboxylic acids is 1. The van der Waals surface area contributed by atoms with Gasteiger partial charge in [-0.05, 0) is 32.1 Å². The lowest BCUT2D eigenvalue weighted by Crippen LogP contribution is -2.25. The predicted molar refractivity (Wildman–Crippen MR) is 58.4 cm³/mol. The second kappa shape index (κ2) is 4.23. The molecule has 1 aliphatic rings. The molecule has 1 heterocycles. The number of aromatic nitrogens is 3. The van der Waals surface area contributed by atoms with Gasteiger partial charge in [0.1, 0.15) is 0 Å². The number of nitrogens with zero attached hydrogens (tertiary/aromatic N) is 3. The van der Waals surface area contributed by atoms with E-state index in [0.717, 1.165) is 5.69 Å².